The topological polar surface area (TPSA) is 76.1 Å². The maximum absolute atomic E-state index is 12.6. The molecule has 1 aliphatic rings. The van der Waals surface area contributed by atoms with Gasteiger partial charge in [-0.1, -0.05) is 12.1 Å². The summed E-state index contributed by atoms with van der Waals surface area (Å²) in [5.74, 6) is -0.197. The number of sulfone groups is 1. The number of aromatic nitrogens is 1. The van der Waals surface area contributed by atoms with Crippen molar-refractivity contribution in [3.05, 3.63) is 24.3 Å². The molecule has 0 aliphatic carbocycles. The maximum Gasteiger partial charge on any atom is 0.221 e. The van der Waals surface area contributed by atoms with Crippen LogP contribution in [0.4, 0.5) is 0 Å². The molecular weight excluding hydrogens is 296 g/mol. The van der Waals surface area contributed by atoms with Gasteiger partial charge in [0.25, 0.3) is 0 Å². The Balaban J connectivity index is 1.99. The molecule has 1 aromatic heterocycles. The van der Waals surface area contributed by atoms with E-state index in [0.717, 1.165) is 4.70 Å². The number of carbonyl (C=O) groups excluding carboxylic acids is 1. The van der Waals surface area contributed by atoms with E-state index in [4.69, 9.17) is 0 Å². The predicted molar refractivity (Wildman–Crippen MR) is 77.5 cm³/mol. The van der Waals surface area contributed by atoms with Crippen LogP contribution in [0.15, 0.2) is 28.6 Å². The number of fused-ring (bicyclic) bond motifs is 1. The maximum atomic E-state index is 12.6. The molecule has 5 nitrogen and oxygen atoms in total. The van der Waals surface area contributed by atoms with E-state index in [1.54, 1.807) is 6.07 Å². The summed E-state index contributed by atoms with van der Waals surface area (Å²) in [7, 11) is -3.53. The molecule has 0 spiro atoms. The summed E-state index contributed by atoms with van der Waals surface area (Å²) >= 11 is 1.18. The summed E-state index contributed by atoms with van der Waals surface area (Å²) in [6.45, 7) is 0.546. The van der Waals surface area contributed by atoms with Crippen LogP contribution in [0.2, 0.25) is 0 Å². The van der Waals surface area contributed by atoms with Gasteiger partial charge in [-0.15, -0.1) is 11.3 Å². The van der Waals surface area contributed by atoms with E-state index >= 15 is 0 Å². The molecule has 2 aromatic rings. The van der Waals surface area contributed by atoms with Crippen molar-refractivity contribution in [1.29, 1.82) is 0 Å². The standard InChI is InChI=1S/C13H14N2O3S2/c16-12-8-9(4-3-7-14-12)20(17,18)13-15-10-5-1-2-6-11(10)19-13/h1-2,5-6,9H,3-4,7-8H2,(H,14,16). The van der Waals surface area contributed by atoms with Crippen LogP contribution in [0.3, 0.4) is 0 Å². The number of hydrogen-bond acceptors (Lipinski definition) is 5. The first kappa shape index (κ1) is 13.5. The minimum Gasteiger partial charge on any atom is -0.356 e. The molecule has 2 heterocycles. The minimum absolute atomic E-state index is 0.0261. The second kappa shape index (κ2) is 5.14. The Hall–Kier alpha value is -1.47. The first-order valence-corrected chi connectivity index (χ1v) is 8.80. The highest BCUT2D eigenvalue weighted by Crippen LogP contribution is 2.30. The lowest BCUT2D eigenvalue weighted by atomic mass is 10.2. The lowest BCUT2D eigenvalue weighted by Crippen LogP contribution is -2.27. The molecule has 1 saturated heterocycles. The first-order chi connectivity index (χ1) is 9.57. The SMILES string of the molecule is O=C1CC(S(=O)(=O)c2nc3ccccc3s2)CCCN1. The van der Waals surface area contributed by atoms with Gasteiger partial charge in [0.2, 0.25) is 20.1 Å². The van der Waals surface area contributed by atoms with Gasteiger partial charge in [0.1, 0.15) is 0 Å². The van der Waals surface area contributed by atoms with E-state index in [2.05, 4.69) is 10.3 Å². The monoisotopic (exact) mass is 310 g/mol. The second-order valence-corrected chi connectivity index (χ2v) is 8.24. The Kier molecular flexibility index (Phi) is 3.47. The highest BCUT2D eigenvalue weighted by molar-refractivity contribution is 7.94. The zero-order valence-electron chi connectivity index (χ0n) is 10.7. The van der Waals surface area contributed by atoms with E-state index in [1.165, 1.54) is 11.3 Å². The number of nitrogens with zero attached hydrogens (tertiary/aromatic N) is 1. The zero-order valence-corrected chi connectivity index (χ0v) is 12.3. The van der Waals surface area contributed by atoms with Crippen molar-refractivity contribution in [2.45, 2.75) is 28.9 Å². The molecule has 1 atom stereocenters. The highest BCUT2D eigenvalue weighted by Gasteiger charge is 2.33. The van der Waals surface area contributed by atoms with Gasteiger partial charge in [-0.25, -0.2) is 13.4 Å². The van der Waals surface area contributed by atoms with Crippen molar-refractivity contribution in [3.8, 4) is 0 Å². The summed E-state index contributed by atoms with van der Waals surface area (Å²) in [6.07, 6.45) is 1.20. The number of hydrogen-bond donors (Lipinski definition) is 1. The largest absolute Gasteiger partial charge is 0.356 e. The molecular formula is C13H14N2O3S2. The summed E-state index contributed by atoms with van der Waals surface area (Å²) in [5.41, 5.74) is 0.689. The Labute approximate surface area is 120 Å². The van der Waals surface area contributed by atoms with Crippen LogP contribution in [0, 0.1) is 0 Å². The molecule has 7 heteroatoms. The van der Waals surface area contributed by atoms with Gasteiger partial charge >= 0.3 is 0 Å². The third-order valence-corrected chi connectivity index (χ3v) is 7.03. The number of amides is 1. The van der Waals surface area contributed by atoms with Gasteiger partial charge in [-0.3, -0.25) is 4.79 Å². The average molecular weight is 310 g/mol. The van der Waals surface area contributed by atoms with E-state index < -0.39 is 15.1 Å². The Bertz CT molecular complexity index is 719. The second-order valence-electron chi connectivity index (χ2n) is 4.81. The van der Waals surface area contributed by atoms with Crippen molar-refractivity contribution in [2.24, 2.45) is 0 Å². The van der Waals surface area contributed by atoms with Gasteiger partial charge in [0, 0.05) is 13.0 Å². The third kappa shape index (κ3) is 2.43. The van der Waals surface area contributed by atoms with Gasteiger partial charge in [-0.05, 0) is 25.0 Å². The molecule has 0 radical (unpaired) electrons. The van der Waals surface area contributed by atoms with Crippen LogP contribution in [0.1, 0.15) is 19.3 Å². The molecule has 0 saturated carbocycles. The molecule has 0 bridgehead atoms. The number of benzene rings is 1. The van der Waals surface area contributed by atoms with Crippen molar-refractivity contribution >= 4 is 37.3 Å². The fourth-order valence-corrected chi connectivity index (χ4v) is 5.52. The van der Waals surface area contributed by atoms with Gasteiger partial charge in [0.05, 0.1) is 15.5 Å². The van der Waals surface area contributed by atoms with Crippen LogP contribution >= 0.6 is 11.3 Å². The van der Waals surface area contributed by atoms with Crippen LogP contribution in [-0.4, -0.2) is 31.1 Å². The van der Waals surface area contributed by atoms with E-state index in [-0.39, 0.29) is 16.7 Å². The number of para-hydroxylation sites is 1. The van der Waals surface area contributed by atoms with Crippen molar-refractivity contribution in [2.75, 3.05) is 6.54 Å². The molecule has 3 rings (SSSR count). The number of rotatable bonds is 2. The Morgan fingerprint density at radius 1 is 1.30 bits per heavy atom. The van der Waals surface area contributed by atoms with Gasteiger partial charge in [-0.2, -0.15) is 0 Å². The lowest BCUT2D eigenvalue weighted by Gasteiger charge is -2.11. The van der Waals surface area contributed by atoms with Gasteiger partial charge < -0.3 is 5.32 Å². The third-order valence-electron chi connectivity index (χ3n) is 3.39. The van der Waals surface area contributed by atoms with Crippen LogP contribution < -0.4 is 5.32 Å². The number of nitrogens with one attached hydrogen (secondary N) is 1. The van der Waals surface area contributed by atoms with Crippen molar-refractivity contribution < 1.29 is 13.2 Å². The fraction of sp³-hybridized carbons (Fsp3) is 0.385. The molecule has 1 unspecified atom stereocenters. The minimum atomic E-state index is -3.53. The van der Waals surface area contributed by atoms with Gasteiger partial charge in [0.15, 0.2) is 0 Å². The summed E-state index contributed by atoms with van der Waals surface area (Å²) in [6, 6.07) is 7.34. The first-order valence-electron chi connectivity index (χ1n) is 6.43. The normalized spacial score (nSPS) is 20.6. The Morgan fingerprint density at radius 2 is 2.10 bits per heavy atom. The number of thiazole rings is 1. The van der Waals surface area contributed by atoms with Crippen LogP contribution in [0.25, 0.3) is 10.2 Å². The number of carbonyl (C=O) groups is 1. The van der Waals surface area contributed by atoms with Crippen molar-refractivity contribution in [1.82, 2.24) is 10.3 Å². The molecule has 1 N–H and O–H groups in total. The summed E-state index contributed by atoms with van der Waals surface area (Å²) in [4.78, 5) is 15.8. The molecule has 1 aromatic carbocycles. The molecule has 1 fully saturated rings. The predicted octanol–water partition coefficient (Wildman–Crippen LogP) is 1.74. The zero-order chi connectivity index (χ0) is 14.2. The Morgan fingerprint density at radius 3 is 2.90 bits per heavy atom. The quantitative estimate of drug-likeness (QED) is 0.916. The molecule has 1 amide bonds. The van der Waals surface area contributed by atoms with Crippen LogP contribution in [-0.2, 0) is 14.6 Å². The van der Waals surface area contributed by atoms with Crippen LogP contribution in [0.5, 0.6) is 0 Å². The average Bonchev–Trinajstić information content (AvgIpc) is 2.75. The van der Waals surface area contributed by atoms with E-state index in [1.807, 2.05) is 18.2 Å². The van der Waals surface area contributed by atoms with E-state index in [9.17, 15) is 13.2 Å². The smallest absolute Gasteiger partial charge is 0.221 e. The summed E-state index contributed by atoms with van der Waals surface area (Å²) in [5, 5.41) is 2.04. The molecule has 20 heavy (non-hydrogen) atoms. The van der Waals surface area contributed by atoms with Crippen molar-refractivity contribution in [3.63, 3.8) is 0 Å². The fourth-order valence-electron chi connectivity index (χ4n) is 2.32. The molecule has 106 valence electrons. The lowest BCUT2D eigenvalue weighted by molar-refractivity contribution is -0.120. The highest BCUT2D eigenvalue weighted by atomic mass is 32.2. The summed E-state index contributed by atoms with van der Waals surface area (Å²) < 4.78 is 26.2. The van der Waals surface area contributed by atoms with E-state index in [0.29, 0.717) is 24.9 Å². The molecule has 1 aliphatic heterocycles.